The Hall–Kier alpha value is -3.26. The number of amides is 2. The molecule has 0 unspecified atom stereocenters. The van der Waals surface area contributed by atoms with Gasteiger partial charge in [-0.3, -0.25) is 19.7 Å². The molecule has 2 aromatic carbocycles. The van der Waals surface area contributed by atoms with Gasteiger partial charge in [0.1, 0.15) is 5.41 Å². The monoisotopic (exact) mass is 557 g/mol. The van der Waals surface area contributed by atoms with Crippen LogP contribution in [0.15, 0.2) is 42.5 Å². The fourth-order valence-corrected chi connectivity index (χ4v) is 9.81. The van der Waals surface area contributed by atoms with Crippen LogP contribution in [0.2, 0.25) is 0 Å². The van der Waals surface area contributed by atoms with Crippen LogP contribution in [0.4, 0.5) is 11.4 Å². The van der Waals surface area contributed by atoms with Crippen molar-refractivity contribution in [3.63, 3.8) is 0 Å². The number of fused-ring (bicyclic) bond motifs is 3. The Morgan fingerprint density at radius 3 is 2.20 bits per heavy atom. The zero-order valence-corrected chi connectivity index (χ0v) is 23.9. The average molecular weight is 558 g/mol. The molecule has 2 amide bonds. The van der Waals surface area contributed by atoms with Crippen LogP contribution in [-0.4, -0.2) is 39.8 Å². The first-order chi connectivity index (χ1) is 19.6. The minimum absolute atomic E-state index is 0.0129. The van der Waals surface area contributed by atoms with E-state index in [9.17, 15) is 24.8 Å². The molecule has 2 atom stereocenters. The Morgan fingerprint density at radius 1 is 1.00 bits per heavy atom. The standard InChI is InChI=1S/C33H39N3O5/c1-20(2)17-34-28-12-21(18-37)3-8-27(28)30-33(31(34)39,25-4-6-26(7-5-25)36(40)41)16-29(38)35(30)19-32-13-22-9-23(14-32)11-24(10-22)15-32/h3-8,12,20,22-24,30,37H,9-11,13-19H2,1-2H3/t22?,23?,24?,30-,32?,33-/m1/s1. The Balaban J connectivity index is 1.39. The van der Waals surface area contributed by atoms with Crippen molar-refractivity contribution in [3.05, 3.63) is 69.3 Å². The molecule has 0 aromatic heterocycles. The van der Waals surface area contributed by atoms with Gasteiger partial charge in [-0.1, -0.05) is 38.1 Å². The van der Waals surface area contributed by atoms with Crippen molar-refractivity contribution in [1.29, 1.82) is 0 Å². The van der Waals surface area contributed by atoms with Crippen LogP contribution < -0.4 is 4.90 Å². The highest BCUT2D eigenvalue weighted by molar-refractivity contribution is 6.09. The third-order valence-corrected chi connectivity index (χ3v) is 10.8. The first-order valence-corrected chi connectivity index (χ1v) is 15.2. The van der Waals surface area contributed by atoms with E-state index < -0.39 is 16.4 Å². The van der Waals surface area contributed by atoms with Crippen LogP contribution in [0.5, 0.6) is 0 Å². The molecular formula is C33H39N3O5. The minimum atomic E-state index is -1.17. The predicted octanol–water partition coefficient (Wildman–Crippen LogP) is 5.52. The molecule has 1 saturated heterocycles. The van der Waals surface area contributed by atoms with Crippen LogP contribution in [0.3, 0.4) is 0 Å². The number of likely N-dealkylation sites (tertiary alicyclic amines) is 1. The SMILES string of the molecule is CC(C)CN1C(=O)[C@@]2(c3ccc([N+](=O)[O-])cc3)CC(=O)N(CC34CC5CC(CC(C5)C3)C4)[C@@H]2c2ccc(CO)cc21. The van der Waals surface area contributed by atoms with Gasteiger partial charge in [0, 0.05) is 37.3 Å². The van der Waals surface area contributed by atoms with E-state index >= 15 is 0 Å². The average Bonchev–Trinajstić information content (AvgIpc) is 3.22. The second-order valence-electron chi connectivity index (χ2n) is 14.2. The van der Waals surface area contributed by atoms with Crippen molar-refractivity contribution in [1.82, 2.24) is 4.90 Å². The summed E-state index contributed by atoms with van der Waals surface area (Å²) in [5.74, 6) is 2.26. The summed E-state index contributed by atoms with van der Waals surface area (Å²) in [5, 5.41) is 21.5. The topological polar surface area (TPSA) is 104 Å². The van der Waals surface area contributed by atoms with Gasteiger partial charge in [0.2, 0.25) is 11.8 Å². The molecule has 0 radical (unpaired) electrons. The third-order valence-electron chi connectivity index (χ3n) is 10.8. The maximum absolute atomic E-state index is 14.9. The van der Waals surface area contributed by atoms with Crippen LogP contribution in [0.1, 0.15) is 81.5 Å². The quantitative estimate of drug-likeness (QED) is 0.357. The summed E-state index contributed by atoms with van der Waals surface area (Å²) in [7, 11) is 0. The number of non-ortho nitro benzene ring substituents is 1. The third kappa shape index (κ3) is 4.04. The van der Waals surface area contributed by atoms with Gasteiger partial charge >= 0.3 is 0 Å². The maximum atomic E-state index is 14.9. The summed E-state index contributed by atoms with van der Waals surface area (Å²) in [5.41, 5.74) is 1.97. The Morgan fingerprint density at radius 2 is 1.63 bits per heavy atom. The molecule has 2 heterocycles. The molecule has 1 N–H and O–H groups in total. The second kappa shape index (κ2) is 9.38. The van der Waals surface area contributed by atoms with E-state index in [1.165, 1.54) is 31.4 Å². The number of carbonyl (C=O) groups is 2. The Bertz CT molecular complexity index is 1380. The predicted molar refractivity (Wildman–Crippen MR) is 154 cm³/mol. The summed E-state index contributed by atoms with van der Waals surface area (Å²) < 4.78 is 0. The number of hydrogen-bond acceptors (Lipinski definition) is 5. The molecule has 0 spiro atoms. The first kappa shape index (κ1) is 26.6. The number of hydrogen-bond donors (Lipinski definition) is 1. The number of nitrogens with zero attached hydrogens (tertiary/aromatic N) is 3. The molecule has 2 aromatic rings. The van der Waals surface area contributed by atoms with E-state index in [1.807, 2.05) is 23.1 Å². The van der Waals surface area contributed by atoms with Gasteiger partial charge in [-0.05, 0) is 90.4 Å². The van der Waals surface area contributed by atoms with E-state index in [0.717, 1.165) is 53.8 Å². The number of rotatable bonds is 7. The summed E-state index contributed by atoms with van der Waals surface area (Å²) in [6.07, 6.45) is 7.48. The van der Waals surface area contributed by atoms with Crippen molar-refractivity contribution in [2.24, 2.45) is 29.1 Å². The lowest BCUT2D eigenvalue weighted by Crippen LogP contribution is -2.57. The van der Waals surface area contributed by atoms with Gasteiger partial charge in [-0.2, -0.15) is 0 Å². The highest BCUT2D eigenvalue weighted by Crippen LogP contribution is 2.63. The highest BCUT2D eigenvalue weighted by Gasteiger charge is 2.64. The number of anilines is 1. The molecule has 8 nitrogen and oxygen atoms in total. The molecular weight excluding hydrogens is 518 g/mol. The summed E-state index contributed by atoms with van der Waals surface area (Å²) in [6.45, 7) is 5.13. The van der Waals surface area contributed by atoms with Crippen LogP contribution in [-0.2, 0) is 21.6 Å². The van der Waals surface area contributed by atoms with E-state index in [1.54, 1.807) is 17.0 Å². The summed E-state index contributed by atoms with van der Waals surface area (Å²) in [6, 6.07) is 11.6. The van der Waals surface area contributed by atoms with Crippen molar-refractivity contribution >= 4 is 23.2 Å². The molecule has 5 fully saturated rings. The molecule has 216 valence electrons. The van der Waals surface area contributed by atoms with E-state index in [0.29, 0.717) is 18.7 Å². The molecule has 4 saturated carbocycles. The lowest BCUT2D eigenvalue weighted by molar-refractivity contribution is -0.384. The number of nitro groups is 1. The van der Waals surface area contributed by atoms with Crippen LogP contribution in [0.25, 0.3) is 0 Å². The molecule has 8 heteroatoms. The molecule has 6 aliphatic rings. The molecule has 4 bridgehead atoms. The number of carbonyl (C=O) groups excluding carboxylic acids is 2. The van der Waals surface area contributed by atoms with E-state index in [-0.39, 0.29) is 41.9 Å². The van der Waals surface area contributed by atoms with Gasteiger partial charge in [-0.15, -0.1) is 0 Å². The molecule has 8 rings (SSSR count). The van der Waals surface area contributed by atoms with Crippen molar-refractivity contribution in [2.45, 2.75) is 76.9 Å². The fraction of sp³-hybridized carbons (Fsp3) is 0.576. The van der Waals surface area contributed by atoms with Crippen LogP contribution >= 0.6 is 0 Å². The molecule has 41 heavy (non-hydrogen) atoms. The van der Waals surface area contributed by atoms with E-state index in [4.69, 9.17) is 0 Å². The lowest BCUT2D eigenvalue weighted by Gasteiger charge is -2.58. The molecule has 4 aliphatic carbocycles. The summed E-state index contributed by atoms with van der Waals surface area (Å²) >= 11 is 0. The van der Waals surface area contributed by atoms with Gasteiger partial charge in [-0.25, -0.2) is 0 Å². The lowest BCUT2D eigenvalue weighted by atomic mass is 9.49. The van der Waals surface area contributed by atoms with Gasteiger partial charge in [0.15, 0.2) is 0 Å². The van der Waals surface area contributed by atoms with Crippen molar-refractivity contribution < 1.29 is 19.6 Å². The zero-order chi connectivity index (χ0) is 28.7. The largest absolute Gasteiger partial charge is 0.392 e. The number of nitro benzene ring substituents is 1. The van der Waals surface area contributed by atoms with E-state index in [2.05, 4.69) is 13.8 Å². The zero-order valence-electron chi connectivity index (χ0n) is 23.9. The van der Waals surface area contributed by atoms with Crippen molar-refractivity contribution in [2.75, 3.05) is 18.0 Å². The molecule has 2 aliphatic heterocycles. The second-order valence-corrected chi connectivity index (χ2v) is 14.2. The minimum Gasteiger partial charge on any atom is -0.392 e. The number of aliphatic hydroxyl groups excluding tert-OH is 1. The first-order valence-electron chi connectivity index (χ1n) is 15.2. The van der Waals surface area contributed by atoms with Gasteiger partial charge in [0.05, 0.1) is 17.6 Å². The van der Waals surface area contributed by atoms with Crippen molar-refractivity contribution in [3.8, 4) is 0 Å². The smallest absolute Gasteiger partial charge is 0.269 e. The van der Waals surface area contributed by atoms with Gasteiger partial charge in [0.25, 0.3) is 5.69 Å². The van der Waals surface area contributed by atoms with Gasteiger partial charge < -0.3 is 14.9 Å². The maximum Gasteiger partial charge on any atom is 0.269 e. The normalized spacial score (nSPS) is 33.5. The Kier molecular flexibility index (Phi) is 6.09. The number of aliphatic hydroxyl groups is 1. The summed E-state index contributed by atoms with van der Waals surface area (Å²) in [4.78, 5) is 44.0. The highest BCUT2D eigenvalue weighted by atomic mass is 16.6. The fourth-order valence-electron chi connectivity index (χ4n) is 9.81. The van der Waals surface area contributed by atoms with Crippen LogP contribution in [0, 0.1) is 39.2 Å². The Labute approximate surface area is 240 Å². The number of benzene rings is 2.